The molecule has 1 saturated heterocycles. The van der Waals surface area contributed by atoms with Crippen molar-refractivity contribution in [1.29, 1.82) is 0 Å². The topological polar surface area (TPSA) is 63.0 Å². The van der Waals surface area contributed by atoms with Crippen molar-refractivity contribution < 1.29 is 9.63 Å². The van der Waals surface area contributed by atoms with Gasteiger partial charge in [-0.2, -0.15) is 5.10 Å². The third-order valence-corrected chi connectivity index (χ3v) is 5.81. The van der Waals surface area contributed by atoms with Crippen LogP contribution in [0, 0.1) is 0 Å². The van der Waals surface area contributed by atoms with Gasteiger partial charge in [0.1, 0.15) is 5.71 Å². The van der Waals surface area contributed by atoms with Crippen molar-refractivity contribution >= 4 is 11.6 Å². The number of oxime groups is 1. The van der Waals surface area contributed by atoms with Crippen molar-refractivity contribution in [3.05, 3.63) is 84.2 Å². The van der Waals surface area contributed by atoms with E-state index in [2.05, 4.69) is 21.4 Å². The van der Waals surface area contributed by atoms with Crippen molar-refractivity contribution in [3.8, 4) is 5.69 Å². The van der Waals surface area contributed by atoms with Crippen LogP contribution in [0.15, 0.2) is 78.2 Å². The van der Waals surface area contributed by atoms with Gasteiger partial charge in [0.2, 0.25) is 0 Å². The lowest BCUT2D eigenvalue weighted by molar-refractivity contribution is -0.125. The number of carbonyl (C=O) groups excluding carboxylic acids is 1. The van der Waals surface area contributed by atoms with Crippen LogP contribution < -0.4 is 0 Å². The van der Waals surface area contributed by atoms with E-state index in [1.807, 2.05) is 76.4 Å². The number of piperazine rings is 1. The smallest absolute Gasteiger partial charge is 0.271 e. The van der Waals surface area contributed by atoms with Crippen LogP contribution in [0.3, 0.4) is 0 Å². The van der Waals surface area contributed by atoms with Gasteiger partial charge in [0.05, 0.1) is 11.9 Å². The molecular formula is C24H25N5O2. The summed E-state index contributed by atoms with van der Waals surface area (Å²) in [4.78, 5) is 22.7. The highest BCUT2D eigenvalue weighted by molar-refractivity contribution is 6.39. The Morgan fingerprint density at radius 2 is 1.68 bits per heavy atom. The molecule has 3 aromatic rings. The Hall–Kier alpha value is -3.45. The molecule has 0 saturated carbocycles. The van der Waals surface area contributed by atoms with Crippen LogP contribution >= 0.6 is 0 Å². The minimum Gasteiger partial charge on any atom is -0.387 e. The van der Waals surface area contributed by atoms with Crippen molar-refractivity contribution in [3.63, 3.8) is 0 Å². The zero-order valence-electron chi connectivity index (χ0n) is 17.3. The van der Waals surface area contributed by atoms with Gasteiger partial charge < -0.3 is 9.74 Å². The molecule has 0 aliphatic carbocycles. The number of carbonyl (C=O) groups is 1. The summed E-state index contributed by atoms with van der Waals surface area (Å²) in [5.74, 6) is -0.00465. The predicted octanol–water partition coefficient (Wildman–Crippen LogP) is 3.03. The molecule has 31 heavy (non-hydrogen) atoms. The zero-order chi connectivity index (χ0) is 21.0. The number of rotatable bonds is 5. The Bertz CT molecular complexity index is 1060. The number of aromatic nitrogens is 2. The first-order valence-corrected chi connectivity index (χ1v) is 10.6. The summed E-state index contributed by atoms with van der Waals surface area (Å²) >= 11 is 0. The first-order chi connectivity index (χ1) is 15.3. The van der Waals surface area contributed by atoms with Gasteiger partial charge in [-0.15, -0.1) is 0 Å². The quantitative estimate of drug-likeness (QED) is 0.643. The molecule has 1 atom stereocenters. The third-order valence-electron chi connectivity index (χ3n) is 5.81. The molecule has 158 valence electrons. The van der Waals surface area contributed by atoms with E-state index in [0.717, 1.165) is 30.9 Å². The van der Waals surface area contributed by atoms with Gasteiger partial charge in [-0.3, -0.25) is 9.69 Å². The summed E-state index contributed by atoms with van der Waals surface area (Å²) in [6.07, 6.45) is 4.35. The summed E-state index contributed by atoms with van der Waals surface area (Å²) in [6.45, 7) is 3.88. The van der Waals surface area contributed by atoms with Gasteiger partial charge in [-0.1, -0.05) is 53.7 Å². The molecule has 0 N–H and O–H groups in total. The van der Waals surface area contributed by atoms with E-state index >= 15 is 0 Å². The number of hydrogen-bond acceptors (Lipinski definition) is 5. The maximum absolute atomic E-state index is 12.9. The van der Waals surface area contributed by atoms with Crippen LogP contribution in [0.5, 0.6) is 0 Å². The summed E-state index contributed by atoms with van der Waals surface area (Å²) in [7, 11) is 0. The largest absolute Gasteiger partial charge is 0.387 e. The molecule has 2 aliphatic heterocycles. The minimum absolute atomic E-state index is 0.00465. The molecule has 1 amide bonds. The molecule has 2 aliphatic rings. The normalized spacial score (nSPS) is 19.2. The fourth-order valence-corrected chi connectivity index (χ4v) is 4.06. The fourth-order valence-electron chi connectivity index (χ4n) is 4.06. The molecule has 7 nitrogen and oxygen atoms in total. The van der Waals surface area contributed by atoms with E-state index in [0.29, 0.717) is 25.2 Å². The molecule has 1 aromatic heterocycles. The van der Waals surface area contributed by atoms with E-state index in [1.54, 1.807) is 0 Å². The number of nitrogens with zero attached hydrogens (tertiary/aromatic N) is 5. The highest BCUT2D eigenvalue weighted by Crippen LogP contribution is 2.27. The molecule has 3 heterocycles. The molecule has 7 heteroatoms. The van der Waals surface area contributed by atoms with Crippen molar-refractivity contribution in [1.82, 2.24) is 19.6 Å². The molecule has 1 fully saturated rings. The molecule has 0 radical (unpaired) electrons. The van der Waals surface area contributed by atoms with Crippen LogP contribution in [0.25, 0.3) is 5.69 Å². The monoisotopic (exact) mass is 415 g/mol. The summed E-state index contributed by atoms with van der Waals surface area (Å²) < 4.78 is 1.90. The molecule has 0 spiro atoms. The molecular weight excluding hydrogens is 390 g/mol. The van der Waals surface area contributed by atoms with Gasteiger partial charge in [0.25, 0.3) is 5.91 Å². The second-order valence-corrected chi connectivity index (χ2v) is 7.94. The standard InChI is InChI=1S/C24H25N5O2/c30-24(22-15-23(31-26-22)20-7-3-1-4-8-20)28-13-11-27(12-14-28)17-19-16-25-29(18-19)21-9-5-2-6-10-21/h1-10,16,18,23H,11-15,17H2. The van der Waals surface area contributed by atoms with E-state index in [-0.39, 0.29) is 12.0 Å². The average molecular weight is 415 g/mol. The number of hydrogen-bond donors (Lipinski definition) is 0. The zero-order valence-corrected chi connectivity index (χ0v) is 17.3. The molecule has 0 bridgehead atoms. The second-order valence-electron chi connectivity index (χ2n) is 7.94. The van der Waals surface area contributed by atoms with Gasteiger partial charge in [0, 0.05) is 50.9 Å². The van der Waals surface area contributed by atoms with Crippen LogP contribution in [0.2, 0.25) is 0 Å². The Morgan fingerprint density at radius 3 is 2.42 bits per heavy atom. The minimum atomic E-state index is -0.164. The molecule has 1 unspecified atom stereocenters. The molecule has 5 rings (SSSR count). The van der Waals surface area contributed by atoms with Crippen molar-refractivity contribution in [2.45, 2.75) is 19.1 Å². The van der Waals surface area contributed by atoms with Gasteiger partial charge in [-0.05, 0) is 17.7 Å². The Balaban J connectivity index is 1.12. The SMILES string of the molecule is O=C(C1=NOC(c2ccccc2)C1)N1CCN(Cc2cnn(-c3ccccc3)c2)CC1. The van der Waals surface area contributed by atoms with E-state index in [9.17, 15) is 4.79 Å². The van der Waals surface area contributed by atoms with Crippen LogP contribution in [-0.2, 0) is 16.2 Å². The van der Waals surface area contributed by atoms with Crippen LogP contribution in [0.1, 0.15) is 23.7 Å². The van der Waals surface area contributed by atoms with E-state index < -0.39 is 0 Å². The van der Waals surface area contributed by atoms with Gasteiger partial charge in [-0.25, -0.2) is 4.68 Å². The van der Waals surface area contributed by atoms with Gasteiger partial charge in [0.15, 0.2) is 6.10 Å². The lowest BCUT2D eigenvalue weighted by Crippen LogP contribution is -2.50. The lowest BCUT2D eigenvalue weighted by atomic mass is 10.0. The molecule has 2 aromatic carbocycles. The Labute approximate surface area is 181 Å². The highest BCUT2D eigenvalue weighted by atomic mass is 16.6. The second kappa shape index (κ2) is 8.73. The first kappa shape index (κ1) is 19.5. The summed E-state index contributed by atoms with van der Waals surface area (Å²) in [6, 6.07) is 20.0. The average Bonchev–Trinajstić information content (AvgIpc) is 3.51. The Kier molecular flexibility index (Phi) is 5.50. The Morgan fingerprint density at radius 1 is 0.968 bits per heavy atom. The lowest BCUT2D eigenvalue weighted by Gasteiger charge is -2.34. The summed E-state index contributed by atoms with van der Waals surface area (Å²) in [5, 5.41) is 8.56. The summed E-state index contributed by atoms with van der Waals surface area (Å²) in [5.41, 5.74) is 3.79. The highest BCUT2D eigenvalue weighted by Gasteiger charge is 2.31. The van der Waals surface area contributed by atoms with E-state index in [1.165, 1.54) is 5.56 Å². The maximum Gasteiger partial charge on any atom is 0.271 e. The van der Waals surface area contributed by atoms with Crippen LogP contribution in [-0.4, -0.2) is 57.4 Å². The number of para-hydroxylation sites is 1. The van der Waals surface area contributed by atoms with Crippen LogP contribution in [0.4, 0.5) is 0 Å². The number of benzene rings is 2. The van der Waals surface area contributed by atoms with E-state index in [4.69, 9.17) is 4.84 Å². The first-order valence-electron chi connectivity index (χ1n) is 10.6. The number of amides is 1. The maximum atomic E-state index is 12.9. The fraction of sp³-hybridized carbons (Fsp3) is 0.292. The third kappa shape index (κ3) is 4.36. The van der Waals surface area contributed by atoms with Crippen molar-refractivity contribution in [2.24, 2.45) is 5.16 Å². The van der Waals surface area contributed by atoms with Gasteiger partial charge >= 0.3 is 0 Å². The predicted molar refractivity (Wildman–Crippen MR) is 118 cm³/mol. The van der Waals surface area contributed by atoms with Crippen molar-refractivity contribution in [2.75, 3.05) is 26.2 Å².